The number of aryl methyl sites for hydroxylation is 1. The van der Waals surface area contributed by atoms with Crippen molar-refractivity contribution in [3.8, 4) is 0 Å². The van der Waals surface area contributed by atoms with Crippen molar-refractivity contribution >= 4 is 21.8 Å². The first-order valence-corrected chi connectivity index (χ1v) is 10.8. The van der Waals surface area contributed by atoms with E-state index in [2.05, 4.69) is 10.00 Å². The van der Waals surface area contributed by atoms with E-state index in [9.17, 15) is 13.2 Å². The van der Waals surface area contributed by atoms with Crippen LogP contribution in [0.4, 0.5) is 0 Å². The summed E-state index contributed by atoms with van der Waals surface area (Å²) in [5.41, 5.74) is 2.08. The summed E-state index contributed by atoms with van der Waals surface area (Å²) in [5.74, 6) is 1.94. The lowest BCUT2D eigenvalue weighted by molar-refractivity contribution is 0.180. The summed E-state index contributed by atoms with van der Waals surface area (Å²) < 4.78 is 26.1. The van der Waals surface area contributed by atoms with Crippen LogP contribution in [-0.4, -0.2) is 72.1 Å². The maximum Gasteiger partial charge on any atom is 0.267 e. The minimum absolute atomic E-state index is 0.0407. The largest absolute Gasteiger partial charge is 0.299 e. The van der Waals surface area contributed by atoms with Crippen LogP contribution in [0.3, 0.4) is 0 Å². The van der Waals surface area contributed by atoms with Crippen LogP contribution in [0, 0.1) is 0 Å². The lowest BCUT2D eigenvalue weighted by Crippen LogP contribution is -2.49. The van der Waals surface area contributed by atoms with Gasteiger partial charge in [-0.05, 0) is 11.3 Å². The molecule has 0 bridgehead atoms. The molecule has 0 saturated carbocycles. The van der Waals surface area contributed by atoms with E-state index >= 15 is 0 Å². The number of aromatic nitrogens is 2. The van der Waals surface area contributed by atoms with E-state index in [1.54, 1.807) is 10.7 Å². The predicted molar refractivity (Wildman–Crippen MR) is 91.2 cm³/mol. The van der Waals surface area contributed by atoms with Crippen LogP contribution in [-0.2, 0) is 28.7 Å². The Morgan fingerprint density at radius 1 is 1.22 bits per heavy atom. The summed E-state index contributed by atoms with van der Waals surface area (Å²) in [5, 5.41) is 4.51. The highest BCUT2D eigenvalue weighted by Gasteiger charge is 2.23. The Morgan fingerprint density at radius 3 is 2.65 bits per heavy atom. The monoisotopic (exact) mass is 358 g/mol. The van der Waals surface area contributed by atoms with Crippen molar-refractivity contribution in [1.29, 1.82) is 0 Å². The van der Waals surface area contributed by atoms with E-state index in [0.717, 1.165) is 35.7 Å². The first-order valence-electron chi connectivity index (χ1n) is 7.78. The van der Waals surface area contributed by atoms with Gasteiger partial charge in [-0.15, -0.1) is 0 Å². The van der Waals surface area contributed by atoms with E-state index in [1.807, 2.05) is 11.8 Å². The minimum Gasteiger partial charge on any atom is -0.299 e. The Bertz CT molecular complexity index is 724. The molecule has 2 aliphatic rings. The summed E-state index contributed by atoms with van der Waals surface area (Å²) in [6.07, 6.45) is 2.17. The summed E-state index contributed by atoms with van der Waals surface area (Å²) in [7, 11) is -3.10. The van der Waals surface area contributed by atoms with Gasteiger partial charge in [0.15, 0.2) is 0 Å². The Hall–Kier alpha value is -0.900. The summed E-state index contributed by atoms with van der Waals surface area (Å²) in [6, 6.07) is 1.72. The molecule has 1 aromatic rings. The van der Waals surface area contributed by atoms with Gasteiger partial charge in [0.2, 0.25) is 10.0 Å². The smallest absolute Gasteiger partial charge is 0.267 e. The third kappa shape index (κ3) is 4.14. The van der Waals surface area contributed by atoms with E-state index in [0.29, 0.717) is 32.7 Å². The fraction of sp³-hybridized carbons (Fsp3) is 0.714. The highest BCUT2D eigenvalue weighted by molar-refractivity contribution is 7.98. The van der Waals surface area contributed by atoms with Crippen molar-refractivity contribution in [3.63, 3.8) is 0 Å². The fourth-order valence-corrected chi connectivity index (χ4v) is 4.71. The average molecular weight is 358 g/mol. The third-order valence-electron chi connectivity index (χ3n) is 4.33. The van der Waals surface area contributed by atoms with Gasteiger partial charge in [-0.1, -0.05) is 0 Å². The summed E-state index contributed by atoms with van der Waals surface area (Å²) in [4.78, 5) is 14.3. The molecular weight excluding hydrogens is 336 g/mol. The number of hydrogen-bond acceptors (Lipinski definition) is 6. The molecule has 0 aliphatic carbocycles. The predicted octanol–water partition coefficient (Wildman–Crippen LogP) is -0.390. The van der Waals surface area contributed by atoms with Gasteiger partial charge in [0.25, 0.3) is 5.56 Å². The van der Waals surface area contributed by atoms with Crippen LogP contribution in [0.5, 0.6) is 0 Å². The topological polar surface area (TPSA) is 75.5 Å². The number of fused-ring (bicyclic) bond motifs is 1. The SMILES string of the molecule is CS(=O)(=O)N1CCN(CCn2nc3c(cc2=O)CSCC3)CC1. The van der Waals surface area contributed by atoms with Gasteiger partial charge >= 0.3 is 0 Å². The van der Waals surface area contributed by atoms with Crippen molar-refractivity contribution in [2.75, 3.05) is 44.7 Å². The molecule has 0 amide bonds. The molecule has 1 saturated heterocycles. The molecule has 3 rings (SSSR count). The van der Waals surface area contributed by atoms with Crippen LogP contribution >= 0.6 is 11.8 Å². The van der Waals surface area contributed by atoms with Gasteiger partial charge in [-0.3, -0.25) is 9.69 Å². The molecule has 1 fully saturated rings. The Kier molecular flexibility index (Phi) is 5.10. The molecule has 0 radical (unpaired) electrons. The van der Waals surface area contributed by atoms with Crippen LogP contribution < -0.4 is 5.56 Å². The molecule has 0 N–H and O–H groups in total. The zero-order valence-electron chi connectivity index (χ0n) is 13.3. The second kappa shape index (κ2) is 6.92. The molecule has 23 heavy (non-hydrogen) atoms. The standard InChI is InChI=1S/C14H22N4O3S2/c1-23(20,21)17-6-3-16(4-7-17)5-8-18-14(19)10-12-11-22-9-2-13(12)15-18/h10H,2-9,11H2,1H3. The first-order chi connectivity index (χ1) is 10.9. The number of thioether (sulfide) groups is 1. The Labute approximate surface area is 140 Å². The highest BCUT2D eigenvalue weighted by atomic mass is 32.2. The summed E-state index contributed by atoms with van der Waals surface area (Å²) in [6.45, 7) is 3.70. The lowest BCUT2D eigenvalue weighted by Gasteiger charge is -2.33. The van der Waals surface area contributed by atoms with E-state index in [4.69, 9.17) is 0 Å². The Balaban J connectivity index is 1.58. The number of sulfonamides is 1. The van der Waals surface area contributed by atoms with Crippen molar-refractivity contribution in [3.05, 3.63) is 27.7 Å². The molecule has 128 valence electrons. The van der Waals surface area contributed by atoms with Gasteiger partial charge < -0.3 is 0 Å². The summed E-state index contributed by atoms with van der Waals surface area (Å²) >= 11 is 1.84. The van der Waals surface area contributed by atoms with Crippen molar-refractivity contribution in [2.45, 2.75) is 18.7 Å². The molecule has 9 heteroatoms. The molecule has 0 unspecified atom stereocenters. The van der Waals surface area contributed by atoms with Gasteiger partial charge in [0.1, 0.15) is 0 Å². The van der Waals surface area contributed by atoms with Crippen LogP contribution in [0.2, 0.25) is 0 Å². The molecule has 0 aromatic carbocycles. The van der Waals surface area contributed by atoms with Crippen molar-refractivity contribution in [2.24, 2.45) is 0 Å². The van der Waals surface area contributed by atoms with Crippen molar-refractivity contribution < 1.29 is 8.42 Å². The maximum absolute atomic E-state index is 12.1. The van der Waals surface area contributed by atoms with Gasteiger partial charge in [0.05, 0.1) is 18.5 Å². The molecule has 3 heterocycles. The maximum atomic E-state index is 12.1. The van der Waals surface area contributed by atoms with Crippen LogP contribution in [0.15, 0.2) is 10.9 Å². The molecule has 7 nitrogen and oxygen atoms in total. The molecular formula is C14H22N4O3S2. The van der Waals surface area contributed by atoms with Gasteiger partial charge in [0, 0.05) is 51.0 Å². The van der Waals surface area contributed by atoms with Crippen LogP contribution in [0.1, 0.15) is 11.3 Å². The average Bonchev–Trinajstić information content (AvgIpc) is 2.52. The fourth-order valence-electron chi connectivity index (χ4n) is 2.93. The van der Waals surface area contributed by atoms with Gasteiger partial charge in [-0.2, -0.15) is 21.2 Å². The Morgan fingerprint density at radius 2 is 1.96 bits per heavy atom. The first kappa shape index (κ1) is 16.9. The quantitative estimate of drug-likeness (QED) is 0.730. The number of nitrogens with zero attached hydrogens (tertiary/aromatic N) is 4. The molecule has 1 aromatic heterocycles. The number of rotatable bonds is 4. The zero-order valence-corrected chi connectivity index (χ0v) is 14.9. The third-order valence-corrected chi connectivity index (χ3v) is 6.64. The molecule has 2 aliphatic heterocycles. The van der Waals surface area contributed by atoms with E-state index < -0.39 is 10.0 Å². The van der Waals surface area contributed by atoms with E-state index in [1.165, 1.54) is 10.6 Å². The molecule has 0 spiro atoms. The number of hydrogen-bond donors (Lipinski definition) is 0. The van der Waals surface area contributed by atoms with Gasteiger partial charge in [-0.25, -0.2) is 13.1 Å². The number of piperazine rings is 1. The second-order valence-corrected chi connectivity index (χ2v) is 9.07. The van der Waals surface area contributed by atoms with E-state index in [-0.39, 0.29) is 5.56 Å². The normalized spacial score (nSPS) is 20.4. The molecule has 0 atom stereocenters. The van der Waals surface area contributed by atoms with Crippen LogP contribution in [0.25, 0.3) is 0 Å². The zero-order chi connectivity index (χ0) is 16.4. The second-order valence-electron chi connectivity index (χ2n) is 5.98. The lowest BCUT2D eigenvalue weighted by atomic mass is 10.2. The highest BCUT2D eigenvalue weighted by Crippen LogP contribution is 2.21. The van der Waals surface area contributed by atoms with Crippen molar-refractivity contribution in [1.82, 2.24) is 19.0 Å². The minimum atomic E-state index is -3.10.